The van der Waals surface area contributed by atoms with E-state index in [9.17, 15) is 35.5 Å². The zero-order valence-electron chi connectivity index (χ0n) is 10.5. The Balaban J connectivity index is 3.11. The lowest BCUT2D eigenvalue weighted by molar-refractivity contribution is -0.339. The molecule has 0 aromatic heterocycles. The number of carbonyl (C=O) groups is 1. The fraction of sp³-hybridized carbons (Fsp3) is 0.417. The topological polar surface area (TPSA) is 17.1 Å². The fourth-order valence-electron chi connectivity index (χ4n) is 1.37. The number of carbonyl (C=O) groups excluding carboxylic acids is 1. The van der Waals surface area contributed by atoms with E-state index in [0.29, 0.717) is 10.6 Å². The summed E-state index contributed by atoms with van der Waals surface area (Å²) in [7, 11) is 0. The van der Waals surface area contributed by atoms with Gasteiger partial charge in [-0.2, -0.15) is 30.7 Å². The lowest BCUT2D eigenvalue weighted by Gasteiger charge is -2.27. The van der Waals surface area contributed by atoms with Crippen molar-refractivity contribution in [2.45, 2.75) is 29.8 Å². The molecule has 0 amide bonds. The van der Waals surface area contributed by atoms with Crippen molar-refractivity contribution in [1.82, 2.24) is 0 Å². The predicted molar refractivity (Wildman–Crippen MR) is 63.1 cm³/mol. The Kier molecular flexibility index (Phi) is 4.97. The molecule has 1 aromatic carbocycles. The van der Waals surface area contributed by atoms with E-state index < -0.39 is 29.4 Å². The van der Waals surface area contributed by atoms with Crippen molar-refractivity contribution in [3.05, 3.63) is 29.8 Å². The first-order chi connectivity index (χ1) is 9.45. The summed E-state index contributed by atoms with van der Waals surface area (Å²) in [5, 5.41) is 0. The molecule has 0 fully saturated rings. The maximum Gasteiger partial charge on any atom is 0.460 e. The Morgan fingerprint density at radius 1 is 1.00 bits per heavy atom. The quantitative estimate of drug-likeness (QED) is 0.436. The van der Waals surface area contributed by atoms with E-state index in [1.807, 2.05) is 0 Å². The molecule has 0 spiro atoms. The lowest BCUT2D eigenvalue weighted by Crippen LogP contribution is -2.56. The van der Waals surface area contributed by atoms with Crippen LogP contribution in [-0.2, 0) is 0 Å². The Bertz CT molecular complexity index is 507. The van der Waals surface area contributed by atoms with Gasteiger partial charge in [0.2, 0.25) is 5.78 Å². The molecule has 1 rings (SSSR count). The molecule has 0 N–H and O–H groups in total. The van der Waals surface area contributed by atoms with Crippen LogP contribution in [0.4, 0.5) is 30.7 Å². The first-order valence-electron chi connectivity index (χ1n) is 5.55. The third kappa shape index (κ3) is 3.33. The van der Waals surface area contributed by atoms with E-state index in [0.717, 1.165) is 12.1 Å². The lowest BCUT2D eigenvalue weighted by atomic mass is 10.00. The number of alkyl halides is 7. The molecule has 118 valence electrons. The van der Waals surface area contributed by atoms with Crippen LogP contribution in [0.3, 0.4) is 0 Å². The van der Waals surface area contributed by atoms with Gasteiger partial charge in [0.15, 0.2) is 0 Å². The molecular weight excluding hydrogens is 325 g/mol. The zero-order chi connectivity index (χ0) is 16.5. The average molecular weight is 334 g/mol. The predicted octanol–water partition coefficient (Wildman–Crippen LogP) is 4.81. The first kappa shape index (κ1) is 17.8. The van der Waals surface area contributed by atoms with Gasteiger partial charge in [-0.1, -0.05) is 19.1 Å². The van der Waals surface area contributed by atoms with Gasteiger partial charge in [0.1, 0.15) is 0 Å². The van der Waals surface area contributed by atoms with Crippen LogP contribution in [0.15, 0.2) is 29.2 Å². The van der Waals surface area contributed by atoms with Gasteiger partial charge in [0, 0.05) is 10.5 Å². The minimum Gasteiger partial charge on any atom is -0.287 e. The first-order valence-corrected chi connectivity index (χ1v) is 6.53. The maximum absolute atomic E-state index is 13.2. The number of ketones is 1. The second-order valence-corrected chi connectivity index (χ2v) is 5.27. The maximum atomic E-state index is 13.2. The highest BCUT2D eigenvalue weighted by Crippen LogP contribution is 2.47. The van der Waals surface area contributed by atoms with Crippen molar-refractivity contribution < 1.29 is 35.5 Å². The smallest absolute Gasteiger partial charge is 0.287 e. The van der Waals surface area contributed by atoms with E-state index in [1.165, 1.54) is 23.9 Å². The largest absolute Gasteiger partial charge is 0.460 e. The molecule has 0 saturated heterocycles. The Morgan fingerprint density at radius 2 is 1.48 bits per heavy atom. The molecule has 21 heavy (non-hydrogen) atoms. The van der Waals surface area contributed by atoms with Crippen molar-refractivity contribution in [2.75, 3.05) is 5.75 Å². The summed E-state index contributed by atoms with van der Waals surface area (Å²) in [4.78, 5) is 11.9. The van der Waals surface area contributed by atoms with Gasteiger partial charge in [0.25, 0.3) is 0 Å². The number of Topliss-reactive ketones (excluding diaryl/α,β-unsaturated/α-hetero) is 1. The van der Waals surface area contributed by atoms with Crippen LogP contribution in [0.2, 0.25) is 0 Å². The average Bonchev–Trinajstić information content (AvgIpc) is 2.37. The Labute approximate surface area is 119 Å². The van der Waals surface area contributed by atoms with Crippen LogP contribution in [0, 0.1) is 0 Å². The third-order valence-electron chi connectivity index (χ3n) is 2.46. The van der Waals surface area contributed by atoms with Gasteiger partial charge in [-0.25, -0.2) is 0 Å². The second kappa shape index (κ2) is 5.86. The van der Waals surface area contributed by atoms with E-state index in [1.54, 1.807) is 6.92 Å². The molecule has 0 heterocycles. The summed E-state index contributed by atoms with van der Waals surface area (Å²) in [5.41, 5.74) is -0.913. The summed E-state index contributed by atoms with van der Waals surface area (Å²) in [6.07, 6.45) is -6.52. The number of thioether (sulfide) groups is 1. The van der Waals surface area contributed by atoms with Crippen LogP contribution in [-0.4, -0.2) is 29.6 Å². The van der Waals surface area contributed by atoms with Crippen molar-refractivity contribution >= 4 is 17.5 Å². The monoisotopic (exact) mass is 334 g/mol. The number of hydrogen-bond donors (Lipinski definition) is 0. The van der Waals surface area contributed by atoms with Crippen LogP contribution >= 0.6 is 11.8 Å². The van der Waals surface area contributed by atoms with E-state index >= 15 is 0 Å². The van der Waals surface area contributed by atoms with Crippen LogP contribution < -0.4 is 0 Å². The molecule has 0 radical (unpaired) electrons. The molecule has 0 saturated carbocycles. The van der Waals surface area contributed by atoms with Gasteiger partial charge in [-0.05, 0) is 17.9 Å². The minimum absolute atomic E-state index is 0.569. The summed E-state index contributed by atoms with van der Waals surface area (Å²) >= 11 is 1.29. The number of rotatable bonds is 5. The van der Waals surface area contributed by atoms with E-state index in [-0.39, 0.29) is 0 Å². The van der Waals surface area contributed by atoms with Gasteiger partial charge in [-0.15, -0.1) is 11.8 Å². The van der Waals surface area contributed by atoms with Crippen molar-refractivity contribution in [3.63, 3.8) is 0 Å². The fourth-order valence-corrected chi connectivity index (χ4v) is 2.03. The second-order valence-electron chi connectivity index (χ2n) is 3.93. The molecule has 0 aliphatic carbocycles. The number of hydrogen-bond acceptors (Lipinski definition) is 2. The van der Waals surface area contributed by atoms with Crippen molar-refractivity contribution in [1.29, 1.82) is 0 Å². The Morgan fingerprint density at radius 3 is 1.86 bits per heavy atom. The summed E-state index contributed by atoms with van der Waals surface area (Å²) in [6, 6.07) is 3.98. The van der Waals surface area contributed by atoms with E-state index in [2.05, 4.69) is 0 Å². The highest BCUT2D eigenvalue weighted by atomic mass is 32.2. The molecule has 0 aliphatic rings. The minimum atomic E-state index is -6.52. The van der Waals surface area contributed by atoms with Crippen LogP contribution in [0.1, 0.15) is 17.3 Å². The SMILES string of the molecule is CCSc1ccc(C(=O)C(F)(F)C(F)(F)C(F)(F)F)cc1. The normalized spacial score (nSPS) is 13.3. The van der Waals surface area contributed by atoms with Crippen molar-refractivity contribution in [2.24, 2.45) is 0 Å². The molecule has 0 aliphatic heterocycles. The van der Waals surface area contributed by atoms with Gasteiger partial charge in [0.05, 0.1) is 0 Å². The van der Waals surface area contributed by atoms with Gasteiger partial charge < -0.3 is 0 Å². The summed E-state index contributed by atoms with van der Waals surface area (Å²) in [5.74, 6) is -14.2. The Hall–Kier alpha value is -1.25. The van der Waals surface area contributed by atoms with Gasteiger partial charge in [-0.3, -0.25) is 4.79 Å². The van der Waals surface area contributed by atoms with Crippen LogP contribution in [0.25, 0.3) is 0 Å². The molecular formula is C12H9F7OS. The zero-order valence-corrected chi connectivity index (χ0v) is 11.3. The molecule has 9 heteroatoms. The highest BCUT2D eigenvalue weighted by Gasteiger charge is 2.76. The molecule has 0 unspecified atom stereocenters. The standard InChI is InChI=1S/C12H9F7OS/c1-2-21-8-5-3-7(4-6-8)9(20)10(13,14)11(15,16)12(17,18)19/h3-6H,2H2,1H3. The molecule has 1 aromatic rings. The number of halogens is 7. The van der Waals surface area contributed by atoms with Crippen molar-refractivity contribution in [3.8, 4) is 0 Å². The third-order valence-corrected chi connectivity index (χ3v) is 3.36. The highest BCUT2D eigenvalue weighted by molar-refractivity contribution is 7.99. The molecule has 0 atom stereocenters. The number of benzene rings is 1. The summed E-state index contributed by atoms with van der Waals surface area (Å²) < 4.78 is 87.8. The molecule has 0 bridgehead atoms. The van der Waals surface area contributed by atoms with Crippen LogP contribution in [0.5, 0.6) is 0 Å². The molecule has 1 nitrogen and oxygen atoms in total. The summed E-state index contributed by atoms with van der Waals surface area (Å²) in [6.45, 7) is 1.79. The van der Waals surface area contributed by atoms with Gasteiger partial charge >= 0.3 is 18.0 Å². The van der Waals surface area contributed by atoms with E-state index in [4.69, 9.17) is 0 Å².